The van der Waals surface area contributed by atoms with Gasteiger partial charge in [0.2, 0.25) is 5.60 Å². The maximum atomic E-state index is 11.8. The van der Waals surface area contributed by atoms with Gasteiger partial charge in [-0.2, -0.15) is 13.2 Å². The molecule has 0 heterocycles. The van der Waals surface area contributed by atoms with Crippen molar-refractivity contribution < 1.29 is 23.1 Å². The second-order valence-electron chi connectivity index (χ2n) is 2.08. The lowest BCUT2D eigenvalue weighted by Crippen LogP contribution is -2.54. The van der Waals surface area contributed by atoms with Gasteiger partial charge in [0.1, 0.15) is 0 Å². The van der Waals surface area contributed by atoms with Crippen LogP contribution in [0.25, 0.3) is 0 Å². The quantitative estimate of drug-likeness (QED) is 0.622. The van der Waals surface area contributed by atoms with E-state index in [4.69, 9.17) is 5.11 Å². The molecule has 0 aliphatic rings. The fourth-order valence-electron chi connectivity index (χ4n) is 0.514. The number of aliphatic hydroxyl groups is 1. The minimum Gasteiger partial charge on any atom is -0.373 e. The summed E-state index contributed by atoms with van der Waals surface area (Å²) in [6.45, 7) is 1.03. The van der Waals surface area contributed by atoms with Crippen LogP contribution < -0.4 is 5.73 Å². The van der Waals surface area contributed by atoms with Gasteiger partial charge in [0.05, 0.1) is 0 Å². The molecule has 0 bridgehead atoms. The number of rotatable bonds is 2. The number of halogens is 3. The Balaban J connectivity index is 4.75. The van der Waals surface area contributed by atoms with Gasteiger partial charge >= 0.3 is 6.18 Å². The third-order valence-corrected chi connectivity index (χ3v) is 1.39. The Morgan fingerprint density at radius 1 is 1.55 bits per heavy atom. The average Bonchev–Trinajstić information content (AvgIpc) is 1.83. The number of amides is 1. The molecule has 0 aromatic carbocycles. The fourth-order valence-corrected chi connectivity index (χ4v) is 0.514. The van der Waals surface area contributed by atoms with E-state index in [-0.39, 0.29) is 0 Å². The highest BCUT2D eigenvalue weighted by Crippen LogP contribution is 2.32. The average molecular weight is 171 g/mol. The van der Waals surface area contributed by atoms with Crippen molar-refractivity contribution in [3.05, 3.63) is 0 Å². The van der Waals surface area contributed by atoms with Crippen LogP contribution in [0.4, 0.5) is 13.2 Å². The van der Waals surface area contributed by atoms with E-state index in [1.54, 1.807) is 0 Å². The molecule has 0 saturated carbocycles. The molecule has 11 heavy (non-hydrogen) atoms. The van der Waals surface area contributed by atoms with Crippen molar-refractivity contribution in [2.24, 2.45) is 5.73 Å². The van der Waals surface area contributed by atoms with Crippen LogP contribution in [0.1, 0.15) is 13.3 Å². The van der Waals surface area contributed by atoms with Crippen LogP contribution in [0.2, 0.25) is 0 Å². The van der Waals surface area contributed by atoms with Gasteiger partial charge in [0.15, 0.2) is 0 Å². The third kappa shape index (κ3) is 1.62. The van der Waals surface area contributed by atoms with Crippen molar-refractivity contribution in [1.82, 2.24) is 0 Å². The van der Waals surface area contributed by atoms with Crippen molar-refractivity contribution in [3.8, 4) is 0 Å². The van der Waals surface area contributed by atoms with Crippen molar-refractivity contribution in [2.75, 3.05) is 0 Å². The molecular weight excluding hydrogens is 163 g/mol. The van der Waals surface area contributed by atoms with Crippen LogP contribution in [-0.4, -0.2) is 22.8 Å². The first kappa shape index (κ1) is 10.2. The Bertz CT molecular complexity index is 168. The zero-order valence-electron chi connectivity index (χ0n) is 5.77. The van der Waals surface area contributed by atoms with Gasteiger partial charge in [-0.3, -0.25) is 4.79 Å². The molecule has 0 aliphatic carbocycles. The molecule has 66 valence electrons. The number of hydrogen-bond donors (Lipinski definition) is 2. The lowest BCUT2D eigenvalue weighted by Gasteiger charge is -2.25. The predicted molar refractivity (Wildman–Crippen MR) is 30.5 cm³/mol. The van der Waals surface area contributed by atoms with Crippen molar-refractivity contribution in [1.29, 1.82) is 0 Å². The van der Waals surface area contributed by atoms with Crippen LogP contribution in [-0.2, 0) is 4.79 Å². The van der Waals surface area contributed by atoms with Gasteiger partial charge in [-0.05, 0) is 6.42 Å². The summed E-state index contributed by atoms with van der Waals surface area (Å²) in [5, 5.41) is 8.63. The molecule has 0 fully saturated rings. The molecular formula is C5H8F3NO2. The topological polar surface area (TPSA) is 63.3 Å². The van der Waals surface area contributed by atoms with E-state index in [1.807, 2.05) is 0 Å². The Hall–Kier alpha value is -0.780. The smallest absolute Gasteiger partial charge is 0.373 e. The van der Waals surface area contributed by atoms with E-state index >= 15 is 0 Å². The van der Waals surface area contributed by atoms with Crippen LogP contribution in [0, 0.1) is 0 Å². The highest BCUT2D eigenvalue weighted by atomic mass is 19.4. The second kappa shape index (κ2) is 2.69. The third-order valence-electron chi connectivity index (χ3n) is 1.39. The number of hydrogen-bond acceptors (Lipinski definition) is 2. The molecule has 1 atom stereocenters. The maximum absolute atomic E-state index is 11.8. The largest absolute Gasteiger partial charge is 0.426 e. The van der Waals surface area contributed by atoms with Crippen molar-refractivity contribution >= 4 is 5.91 Å². The predicted octanol–water partition coefficient (Wildman–Crippen LogP) is 0.175. The normalized spacial score (nSPS) is 17.5. The molecule has 0 aromatic rings. The van der Waals surface area contributed by atoms with E-state index in [2.05, 4.69) is 5.73 Å². The zero-order valence-corrected chi connectivity index (χ0v) is 5.77. The minimum absolute atomic E-state index is 0.772. The number of carbonyl (C=O) groups is 1. The van der Waals surface area contributed by atoms with E-state index in [0.717, 1.165) is 6.92 Å². The summed E-state index contributed by atoms with van der Waals surface area (Å²) in [5.74, 6) is -1.77. The summed E-state index contributed by atoms with van der Waals surface area (Å²) in [5.41, 5.74) is 0.977. The summed E-state index contributed by atoms with van der Waals surface area (Å²) in [6.07, 6.45) is -5.76. The van der Waals surface area contributed by atoms with E-state index in [0.29, 0.717) is 0 Å². The number of primary amides is 1. The minimum atomic E-state index is -4.99. The standard InChI is InChI=1S/C5H8F3NO2/c1-2-4(11,3(9)10)5(6,7)8/h11H,2H2,1H3,(H2,9,10)/t4-/m1/s1. The van der Waals surface area contributed by atoms with Gasteiger partial charge in [-0.1, -0.05) is 6.92 Å². The Labute approximate surface area is 61.0 Å². The van der Waals surface area contributed by atoms with Crippen molar-refractivity contribution in [2.45, 2.75) is 25.1 Å². The molecule has 3 N–H and O–H groups in total. The summed E-state index contributed by atoms with van der Waals surface area (Å²) >= 11 is 0. The number of nitrogens with two attached hydrogens (primary N) is 1. The first-order valence-electron chi connectivity index (χ1n) is 2.84. The SMILES string of the molecule is CC[C@@](O)(C(N)=O)C(F)(F)F. The highest BCUT2D eigenvalue weighted by molar-refractivity contribution is 5.84. The van der Waals surface area contributed by atoms with Crippen LogP contribution in [0.5, 0.6) is 0 Å². The first-order valence-corrected chi connectivity index (χ1v) is 2.84. The molecule has 0 radical (unpaired) electrons. The van der Waals surface area contributed by atoms with E-state index in [1.165, 1.54) is 0 Å². The molecule has 0 rings (SSSR count). The summed E-state index contributed by atoms with van der Waals surface area (Å²) < 4.78 is 35.4. The molecule has 0 unspecified atom stereocenters. The molecule has 1 amide bonds. The number of carbonyl (C=O) groups excluding carboxylic acids is 1. The molecule has 6 heteroatoms. The maximum Gasteiger partial charge on any atom is 0.426 e. The number of alkyl halides is 3. The van der Waals surface area contributed by atoms with Gasteiger partial charge in [-0.25, -0.2) is 0 Å². The molecule has 0 aliphatic heterocycles. The lowest BCUT2D eigenvalue weighted by molar-refractivity contribution is -0.250. The van der Waals surface area contributed by atoms with Gasteiger partial charge in [-0.15, -0.1) is 0 Å². The molecule has 0 aromatic heterocycles. The highest BCUT2D eigenvalue weighted by Gasteiger charge is 2.57. The second-order valence-corrected chi connectivity index (χ2v) is 2.08. The van der Waals surface area contributed by atoms with Gasteiger partial charge < -0.3 is 10.8 Å². The summed E-state index contributed by atoms with van der Waals surface area (Å²) in [7, 11) is 0. The van der Waals surface area contributed by atoms with Gasteiger partial charge in [0, 0.05) is 0 Å². The van der Waals surface area contributed by atoms with Crippen molar-refractivity contribution in [3.63, 3.8) is 0 Å². The van der Waals surface area contributed by atoms with E-state index in [9.17, 15) is 18.0 Å². The van der Waals surface area contributed by atoms with E-state index < -0.39 is 24.1 Å². The van der Waals surface area contributed by atoms with Crippen LogP contribution >= 0.6 is 0 Å². The Morgan fingerprint density at radius 2 is 1.91 bits per heavy atom. The van der Waals surface area contributed by atoms with Crippen LogP contribution in [0.3, 0.4) is 0 Å². The Kier molecular flexibility index (Phi) is 2.50. The summed E-state index contributed by atoms with van der Waals surface area (Å²) in [6, 6.07) is 0. The zero-order chi connectivity index (χ0) is 9.28. The summed E-state index contributed by atoms with van der Waals surface area (Å²) in [4.78, 5) is 10.2. The molecule has 3 nitrogen and oxygen atoms in total. The lowest BCUT2D eigenvalue weighted by atomic mass is 10.00. The fraction of sp³-hybridized carbons (Fsp3) is 0.800. The van der Waals surface area contributed by atoms with Crippen LogP contribution in [0.15, 0.2) is 0 Å². The molecule has 0 spiro atoms. The Morgan fingerprint density at radius 3 is 1.91 bits per heavy atom. The molecule has 0 saturated heterocycles. The van der Waals surface area contributed by atoms with Gasteiger partial charge in [0.25, 0.3) is 5.91 Å². The monoisotopic (exact) mass is 171 g/mol. The first-order chi connectivity index (χ1) is 4.75.